The first-order valence-electron chi connectivity index (χ1n) is 6.52. The van der Waals surface area contributed by atoms with Crippen LogP contribution in [0.25, 0.3) is 0 Å². The molecule has 17 heavy (non-hydrogen) atoms. The molecule has 1 aromatic rings. The van der Waals surface area contributed by atoms with Crippen molar-refractivity contribution in [3.8, 4) is 0 Å². The van der Waals surface area contributed by atoms with Crippen LogP contribution in [0.1, 0.15) is 24.8 Å². The molecule has 1 saturated heterocycles. The molecule has 2 N–H and O–H groups in total. The fraction of sp³-hybridized carbons (Fsp3) is 0.571. The zero-order valence-corrected chi connectivity index (χ0v) is 11.2. The molecule has 1 aromatic carbocycles. The Bertz CT molecular complexity index is 317. The van der Waals surface area contributed by atoms with Crippen molar-refractivity contribution in [1.29, 1.82) is 0 Å². The number of thioether (sulfide) groups is 1. The molecule has 1 aliphatic heterocycles. The monoisotopic (exact) mass is 250 g/mol. The maximum Gasteiger partial charge on any atom is 0.0178 e. The quantitative estimate of drug-likeness (QED) is 0.815. The summed E-state index contributed by atoms with van der Waals surface area (Å²) in [4.78, 5) is 3.95. The number of rotatable bonds is 5. The summed E-state index contributed by atoms with van der Waals surface area (Å²) < 4.78 is 0. The lowest BCUT2D eigenvalue weighted by molar-refractivity contribution is 0.242. The summed E-state index contributed by atoms with van der Waals surface area (Å²) in [5, 5.41) is 0. The average molecular weight is 250 g/mol. The predicted octanol–water partition coefficient (Wildman–Crippen LogP) is 2.72. The van der Waals surface area contributed by atoms with Crippen LogP contribution in [0, 0.1) is 0 Å². The Kier molecular flexibility index (Phi) is 5.36. The molecular formula is C14H22N2S. The van der Waals surface area contributed by atoms with Gasteiger partial charge in [-0.2, -0.15) is 0 Å². The smallest absolute Gasteiger partial charge is 0.0178 e. The zero-order chi connectivity index (χ0) is 11.9. The summed E-state index contributed by atoms with van der Waals surface area (Å²) in [6, 6.07) is 8.62. The lowest BCUT2D eigenvalue weighted by atomic mass is 10.1. The van der Waals surface area contributed by atoms with Crippen LogP contribution in [-0.4, -0.2) is 30.3 Å². The third-order valence-electron chi connectivity index (χ3n) is 3.28. The maximum absolute atomic E-state index is 5.58. The second-order valence-electron chi connectivity index (χ2n) is 4.60. The first-order chi connectivity index (χ1) is 8.38. The Balaban J connectivity index is 1.69. The Morgan fingerprint density at radius 3 is 2.41 bits per heavy atom. The van der Waals surface area contributed by atoms with Crippen LogP contribution in [0.15, 0.2) is 29.2 Å². The lowest BCUT2D eigenvalue weighted by Gasteiger charge is -2.26. The maximum atomic E-state index is 5.58. The summed E-state index contributed by atoms with van der Waals surface area (Å²) in [7, 11) is 0. The molecule has 1 heterocycles. The van der Waals surface area contributed by atoms with E-state index in [4.69, 9.17) is 5.73 Å². The van der Waals surface area contributed by atoms with Crippen molar-refractivity contribution in [1.82, 2.24) is 4.90 Å². The van der Waals surface area contributed by atoms with Gasteiger partial charge in [-0.15, -0.1) is 11.8 Å². The Morgan fingerprint density at radius 2 is 1.76 bits per heavy atom. The highest BCUT2D eigenvalue weighted by atomic mass is 32.2. The van der Waals surface area contributed by atoms with Crippen LogP contribution in [0.3, 0.4) is 0 Å². The largest absolute Gasteiger partial charge is 0.326 e. The van der Waals surface area contributed by atoms with E-state index in [2.05, 4.69) is 29.2 Å². The van der Waals surface area contributed by atoms with Crippen LogP contribution < -0.4 is 5.73 Å². The molecule has 94 valence electrons. The number of likely N-dealkylation sites (tertiary alicyclic amines) is 1. The Hall–Kier alpha value is -0.510. The third kappa shape index (κ3) is 4.34. The summed E-state index contributed by atoms with van der Waals surface area (Å²) in [5.41, 5.74) is 6.80. The standard InChI is InChI=1S/C14H22N2S/c15-12-13-4-6-14(7-5-13)17-11-10-16-8-2-1-3-9-16/h4-7H,1-3,8-12,15H2. The van der Waals surface area contributed by atoms with Gasteiger partial charge < -0.3 is 10.6 Å². The number of piperidine rings is 1. The minimum Gasteiger partial charge on any atom is -0.326 e. The molecule has 0 aliphatic carbocycles. The zero-order valence-electron chi connectivity index (χ0n) is 10.4. The summed E-state index contributed by atoms with van der Waals surface area (Å²) in [6.45, 7) is 4.46. The van der Waals surface area contributed by atoms with Crippen molar-refractivity contribution in [3.63, 3.8) is 0 Å². The molecule has 0 aromatic heterocycles. The number of hydrogen-bond donors (Lipinski definition) is 1. The molecule has 0 atom stereocenters. The Morgan fingerprint density at radius 1 is 1.06 bits per heavy atom. The van der Waals surface area contributed by atoms with Crippen molar-refractivity contribution in [2.45, 2.75) is 30.7 Å². The molecule has 2 nitrogen and oxygen atoms in total. The van der Waals surface area contributed by atoms with E-state index in [9.17, 15) is 0 Å². The molecule has 1 fully saturated rings. The normalized spacial score (nSPS) is 17.2. The van der Waals surface area contributed by atoms with Crippen molar-refractivity contribution in [2.24, 2.45) is 5.73 Å². The van der Waals surface area contributed by atoms with E-state index in [1.165, 1.54) is 55.1 Å². The molecule has 0 bridgehead atoms. The summed E-state index contributed by atoms with van der Waals surface area (Å²) >= 11 is 1.95. The predicted molar refractivity (Wildman–Crippen MR) is 75.3 cm³/mol. The summed E-state index contributed by atoms with van der Waals surface area (Å²) in [5.74, 6) is 1.20. The second kappa shape index (κ2) is 7.04. The van der Waals surface area contributed by atoms with E-state index in [1.54, 1.807) is 0 Å². The topological polar surface area (TPSA) is 29.3 Å². The second-order valence-corrected chi connectivity index (χ2v) is 5.77. The van der Waals surface area contributed by atoms with Crippen LogP contribution in [0.2, 0.25) is 0 Å². The van der Waals surface area contributed by atoms with E-state index in [1.807, 2.05) is 11.8 Å². The highest BCUT2D eigenvalue weighted by Gasteiger charge is 2.09. The van der Waals surface area contributed by atoms with Gasteiger partial charge in [0.1, 0.15) is 0 Å². The number of nitrogens with zero attached hydrogens (tertiary/aromatic N) is 1. The van der Waals surface area contributed by atoms with Crippen molar-refractivity contribution in [3.05, 3.63) is 29.8 Å². The average Bonchev–Trinajstić information content (AvgIpc) is 2.41. The van der Waals surface area contributed by atoms with Crippen LogP contribution in [0.5, 0.6) is 0 Å². The Labute approximate surface area is 109 Å². The molecule has 0 saturated carbocycles. The van der Waals surface area contributed by atoms with E-state index < -0.39 is 0 Å². The van der Waals surface area contributed by atoms with Gasteiger partial charge in [0.2, 0.25) is 0 Å². The van der Waals surface area contributed by atoms with Crippen molar-refractivity contribution >= 4 is 11.8 Å². The van der Waals surface area contributed by atoms with Crippen molar-refractivity contribution in [2.75, 3.05) is 25.4 Å². The van der Waals surface area contributed by atoms with Gasteiger partial charge in [-0.25, -0.2) is 0 Å². The van der Waals surface area contributed by atoms with Gasteiger partial charge in [-0.3, -0.25) is 0 Å². The van der Waals surface area contributed by atoms with Gasteiger partial charge in [0.25, 0.3) is 0 Å². The SMILES string of the molecule is NCc1ccc(SCCN2CCCCC2)cc1. The first-order valence-corrected chi connectivity index (χ1v) is 7.51. The number of benzene rings is 1. The fourth-order valence-electron chi connectivity index (χ4n) is 2.20. The van der Waals surface area contributed by atoms with Crippen LogP contribution >= 0.6 is 11.8 Å². The van der Waals surface area contributed by atoms with E-state index in [0.29, 0.717) is 6.54 Å². The highest BCUT2D eigenvalue weighted by Crippen LogP contribution is 2.19. The van der Waals surface area contributed by atoms with Crippen molar-refractivity contribution < 1.29 is 0 Å². The molecule has 2 rings (SSSR count). The van der Waals surface area contributed by atoms with E-state index in [0.717, 1.165) is 0 Å². The lowest BCUT2D eigenvalue weighted by Crippen LogP contribution is -2.31. The molecule has 0 radical (unpaired) electrons. The summed E-state index contributed by atoms with van der Waals surface area (Å²) in [6.07, 6.45) is 4.19. The number of hydrogen-bond acceptors (Lipinski definition) is 3. The molecule has 3 heteroatoms. The van der Waals surface area contributed by atoms with Crippen LogP contribution in [0.4, 0.5) is 0 Å². The molecule has 0 unspecified atom stereocenters. The highest BCUT2D eigenvalue weighted by molar-refractivity contribution is 7.99. The van der Waals surface area contributed by atoms with Gasteiger partial charge in [-0.1, -0.05) is 18.6 Å². The van der Waals surface area contributed by atoms with Gasteiger partial charge in [0.05, 0.1) is 0 Å². The minimum absolute atomic E-state index is 0.638. The van der Waals surface area contributed by atoms with E-state index in [-0.39, 0.29) is 0 Å². The molecule has 0 amide bonds. The van der Waals surface area contributed by atoms with Gasteiger partial charge in [-0.05, 0) is 43.6 Å². The van der Waals surface area contributed by atoms with Gasteiger partial charge in [0.15, 0.2) is 0 Å². The van der Waals surface area contributed by atoms with Gasteiger partial charge in [0, 0.05) is 23.7 Å². The first kappa shape index (κ1) is 12.9. The fourth-order valence-corrected chi connectivity index (χ4v) is 3.11. The minimum atomic E-state index is 0.638. The molecule has 1 aliphatic rings. The van der Waals surface area contributed by atoms with E-state index >= 15 is 0 Å². The van der Waals surface area contributed by atoms with Gasteiger partial charge >= 0.3 is 0 Å². The third-order valence-corrected chi connectivity index (χ3v) is 4.28. The number of nitrogens with two attached hydrogens (primary N) is 1. The molecular weight excluding hydrogens is 228 g/mol. The van der Waals surface area contributed by atoms with Crippen LogP contribution in [-0.2, 0) is 6.54 Å². The molecule has 0 spiro atoms.